The molecule has 1 unspecified atom stereocenters. The summed E-state index contributed by atoms with van der Waals surface area (Å²) in [6.07, 6.45) is 114. The van der Waals surface area contributed by atoms with Crippen LogP contribution in [0.2, 0.25) is 0 Å². The monoisotopic (exact) mass is 1290 g/mol. The van der Waals surface area contributed by atoms with Gasteiger partial charge in [-0.05, 0) is 128 Å². The van der Waals surface area contributed by atoms with Crippen LogP contribution in [0.1, 0.15) is 490 Å². The Morgan fingerprint density at radius 2 is 0.413 bits per heavy atom. The maximum absolute atomic E-state index is 12.0. The van der Waals surface area contributed by atoms with Crippen LogP contribution in [0.5, 0.6) is 0 Å². The number of hydrogen-bond acceptors (Lipinski definition) is 3. The Bertz CT molecular complexity index is 1470. The van der Waals surface area contributed by atoms with Gasteiger partial charge in [-0.15, -0.1) is 0 Å². The lowest BCUT2D eigenvalue weighted by Crippen LogP contribution is -2.13. The van der Waals surface area contributed by atoms with Gasteiger partial charge in [-0.2, -0.15) is 0 Å². The number of ether oxygens (including phenoxy) is 1. The standard InChI is InChI=1S/2C44H84O2/c1-3-5-7-9-11-13-15-17-19-21-23-24-26-28-30-32-34-36-38-40-42-43(44(45)46)41-39-37-35-33-31-29-27-25-22-20-18-16-14-12-10-8-6-4-2;1-3-5-7-9-11-13-15-17-19-21-23-25-27-29-31-33-35-37-39-41-43-46-44(45)42-40-38-36-34-32-30-28-26-24-22-20-18-16-14-12-10-8-6-4-2/h17-20,43H,3-16,21-42H2,1-2H3,(H,45,46);17-20H,3-16,21-43H2,1-2H3/b2*19-17-,20-18-. The Labute approximate surface area is 579 Å². The summed E-state index contributed by atoms with van der Waals surface area (Å²) in [5.41, 5.74) is 0. The van der Waals surface area contributed by atoms with Crippen molar-refractivity contribution >= 4 is 11.9 Å². The van der Waals surface area contributed by atoms with Gasteiger partial charge in [0, 0.05) is 6.42 Å². The summed E-state index contributed by atoms with van der Waals surface area (Å²) < 4.78 is 5.47. The third-order valence-electron chi connectivity index (χ3n) is 19.5. The largest absolute Gasteiger partial charge is 0.481 e. The van der Waals surface area contributed by atoms with Crippen molar-refractivity contribution in [3.8, 4) is 0 Å². The molecule has 0 fully saturated rings. The average Bonchev–Trinajstić information content (AvgIpc) is 3.70. The average molecular weight is 1290 g/mol. The first kappa shape index (κ1) is 92.0. The zero-order valence-electron chi connectivity index (χ0n) is 63.5. The van der Waals surface area contributed by atoms with Gasteiger partial charge in [-0.25, -0.2) is 0 Å². The molecule has 0 bridgehead atoms. The van der Waals surface area contributed by atoms with Gasteiger partial charge in [-0.3, -0.25) is 9.59 Å². The van der Waals surface area contributed by atoms with Crippen molar-refractivity contribution in [3.05, 3.63) is 48.6 Å². The molecule has 0 heterocycles. The number of rotatable bonds is 78. The van der Waals surface area contributed by atoms with E-state index in [0.717, 1.165) is 38.5 Å². The van der Waals surface area contributed by atoms with E-state index in [1.54, 1.807) is 0 Å². The van der Waals surface area contributed by atoms with Crippen LogP contribution in [-0.4, -0.2) is 23.7 Å². The number of aliphatic carboxylic acids is 1. The molecule has 0 aliphatic carbocycles. The Hall–Kier alpha value is -2.10. The molecular formula is C88H168O4. The van der Waals surface area contributed by atoms with Gasteiger partial charge < -0.3 is 9.84 Å². The molecule has 0 radical (unpaired) electrons. The molecule has 92 heavy (non-hydrogen) atoms. The van der Waals surface area contributed by atoms with Gasteiger partial charge in [-0.1, -0.05) is 404 Å². The summed E-state index contributed by atoms with van der Waals surface area (Å²) in [5.74, 6) is -0.650. The van der Waals surface area contributed by atoms with Crippen molar-refractivity contribution in [2.45, 2.75) is 490 Å². The molecule has 0 saturated carbocycles. The lowest BCUT2D eigenvalue weighted by molar-refractivity contribution is -0.144. The minimum absolute atomic E-state index is 0.0225. The van der Waals surface area contributed by atoms with Crippen LogP contribution < -0.4 is 0 Å². The van der Waals surface area contributed by atoms with Crippen molar-refractivity contribution in [2.24, 2.45) is 5.92 Å². The minimum Gasteiger partial charge on any atom is -0.481 e. The normalized spacial score (nSPS) is 12.2. The van der Waals surface area contributed by atoms with E-state index < -0.39 is 5.97 Å². The Balaban J connectivity index is 0. The van der Waals surface area contributed by atoms with Crippen molar-refractivity contribution in [2.75, 3.05) is 6.61 Å². The second-order valence-electron chi connectivity index (χ2n) is 28.9. The van der Waals surface area contributed by atoms with Crippen molar-refractivity contribution < 1.29 is 19.4 Å². The predicted octanol–water partition coefficient (Wildman–Crippen LogP) is 31.6. The molecule has 1 N–H and O–H groups in total. The van der Waals surface area contributed by atoms with Crippen molar-refractivity contribution in [1.29, 1.82) is 0 Å². The number of esters is 1. The van der Waals surface area contributed by atoms with Crippen LogP contribution in [0.3, 0.4) is 0 Å². The summed E-state index contributed by atoms with van der Waals surface area (Å²) in [5, 5.41) is 9.67. The van der Waals surface area contributed by atoms with Crippen LogP contribution in [-0.2, 0) is 14.3 Å². The fourth-order valence-electron chi connectivity index (χ4n) is 13.1. The quantitative estimate of drug-likeness (QED) is 0.0374. The van der Waals surface area contributed by atoms with Gasteiger partial charge >= 0.3 is 11.9 Å². The molecule has 0 rings (SSSR count). The summed E-state index contributed by atoms with van der Waals surface area (Å²) >= 11 is 0. The molecule has 0 aromatic rings. The number of carboxylic acid groups (broad SMARTS) is 1. The number of allylic oxidation sites excluding steroid dienone is 8. The van der Waals surface area contributed by atoms with E-state index in [2.05, 4.69) is 76.3 Å². The van der Waals surface area contributed by atoms with Gasteiger partial charge in [0.2, 0.25) is 0 Å². The first-order chi connectivity index (χ1) is 45.5. The number of carbonyl (C=O) groups excluding carboxylic acids is 1. The minimum atomic E-state index is -0.561. The van der Waals surface area contributed by atoms with Crippen LogP contribution >= 0.6 is 0 Å². The summed E-state index contributed by atoms with van der Waals surface area (Å²) in [6, 6.07) is 0. The van der Waals surface area contributed by atoms with E-state index >= 15 is 0 Å². The third-order valence-corrected chi connectivity index (χ3v) is 19.5. The summed E-state index contributed by atoms with van der Waals surface area (Å²) in [7, 11) is 0. The van der Waals surface area contributed by atoms with E-state index in [0.29, 0.717) is 13.0 Å². The van der Waals surface area contributed by atoms with E-state index in [1.165, 1.54) is 417 Å². The second kappa shape index (κ2) is 86.9. The van der Waals surface area contributed by atoms with Crippen LogP contribution in [0.15, 0.2) is 48.6 Å². The van der Waals surface area contributed by atoms with Crippen LogP contribution in [0.4, 0.5) is 0 Å². The van der Waals surface area contributed by atoms with Gasteiger partial charge in [0.15, 0.2) is 0 Å². The number of carboxylic acids is 1. The lowest BCUT2D eigenvalue weighted by atomic mass is 9.94. The van der Waals surface area contributed by atoms with E-state index in [4.69, 9.17) is 4.74 Å². The molecule has 0 aromatic heterocycles. The molecule has 4 heteroatoms. The highest BCUT2D eigenvalue weighted by molar-refractivity contribution is 5.70. The molecule has 0 aliphatic heterocycles. The van der Waals surface area contributed by atoms with Crippen LogP contribution in [0.25, 0.3) is 0 Å². The zero-order valence-corrected chi connectivity index (χ0v) is 63.5. The molecule has 0 spiro atoms. The summed E-state index contributed by atoms with van der Waals surface area (Å²) in [6.45, 7) is 9.77. The van der Waals surface area contributed by atoms with Gasteiger partial charge in [0.05, 0.1) is 12.5 Å². The predicted molar refractivity (Wildman–Crippen MR) is 414 cm³/mol. The molecular weight excluding hydrogens is 1120 g/mol. The van der Waals surface area contributed by atoms with E-state index in [-0.39, 0.29) is 11.9 Å². The number of hydrogen-bond donors (Lipinski definition) is 1. The lowest BCUT2D eigenvalue weighted by Gasteiger charge is -2.12. The van der Waals surface area contributed by atoms with E-state index in [9.17, 15) is 14.7 Å². The molecule has 0 aromatic carbocycles. The number of carbonyl (C=O) groups is 2. The smallest absolute Gasteiger partial charge is 0.306 e. The summed E-state index contributed by atoms with van der Waals surface area (Å²) in [4.78, 5) is 23.7. The van der Waals surface area contributed by atoms with Gasteiger partial charge in [0.25, 0.3) is 0 Å². The highest BCUT2D eigenvalue weighted by atomic mass is 16.5. The molecule has 1 atom stereocenters. The van der Waals surface area contributed by atoms with Crippen LogP contribution in [0, 0.1) is 5.92 Å². The molecule has 0 aliphatic rings. The first-order valence-electron chi connectivity index (χ1n) is 42.5. The first-order valence-corrected chi connectivity index (χ1v) is 42.5. The Morgan fingerprint density at radius 1 is 0.239 bits per heavy atom. The fourth-order valence-corrected chi connectivity index (χ4v) is 13.1. The SMILES string of the molecule is CCCCCCCC/C=C\CCCCCCCCCCCCC(CCCCCCCCCC/C=C\CCCCCCCC)C(=O)O.CCCCCCCC/C=C\CCCCCCCCCCCCOC(=O)CCCCCCCCCCC/C=C\CCCCCCCC. The maximum Gasteiger partial charge on any atom is 0.306 e. The molecule has 0 saturated heterocycles. The molecule has 544 valence electrons. The highest BCUT2D eigenvalue weighted by Crippen LogP contribution is 2.22. The maximum atomic E-state index is 12.0. The van der Waals surface area contributed by atoms with E-state index in [1.807, 2.05) is 0 Å². The number of unbranched alkanes of at least 4 members (excludes halogenated alkanes) is 61. The fraction of sp³-hybridized carbons (Fsp3) is 0.886. The zero-order chi connectivity index (χ0) is 66.7. The third kappa shape index (κ3) is 85.9. The second-order valence-corrected chi connectivity index (χ2v) is 28.9. The highest BCUT2D eigenvalue weighted by Gasteiger charge is 2.16. The Kier molecular flexibility index (Phi) is 86.9. The Morgan fingerprint density at radius 3 is 0.620 bits per heavy atom. The molecule has 4 nitrogen and oxygen atoms in total. The molecule has 0 amide bonds. The van der Waals surface area contributed by atoms with Crippen molar-refractivity contribution in [1.82, 2.24) is 0 Å². The topological polar surface area (TPSA) is 63.6 Å². The van der Waals surface area contributed by atoms with Crippen molar-refractivity contribution in [3.63, 3.8) is 0 Å². The van der Waals surface area contributed by atoms with Gasteiger partial charge in [0.1, 0.15) is 0 Å².